The molecule has 0 saturated carbocycles. The Balaban J connectivity index is -0.000000311. The van der Waals surface area contributed by atoms with E-state index in [9.17, 15) is 38.4 Å². The monoisotopic (exact) mass is 807 g/mol. The molecule has 0 bridgehead atoms. The van der Waals surface area contributed by atoms with Gasteiger partial charge in [-0.25, -0.2) is 9.59 Å². The number of aromatic carboxylic acids is 1. The first-order chi connectivity index (χ1) is 25.5. The molecule has 0 spiro atoms. The average Bonchev–Trinajstić information content (AvgIpc) is 3.05. The summed E-state index contributed by atoms with van der Waals surface area (Å²) in [6.07, 6.45) is 4.92. The third kappa shape index (κ3) is 32.5. The van der Waals surface area contributed by atoms with E-state index in [1.54, 1.807) is 80.5 Å². The number of hydrogen-bond acceptors (Lipinski definition) is 9. The Bertz CT molecular complexity index is 1450. The summed E-state index contributed by atoms with van der Waals surface area (Å²) in [5.74, 6) is -2.86. The fourth-order valence-corrected chi connectivity index (χ4v) is 3.39. The lowest BCUT2D eigenvalue weighted by Gasteiger charge is -2.17. The Morgan fingerprint density at radius 3 is 1.28 bits per heavy atom. The summed E-state index contributed by atoms with van der Waals surface area (Å²) in [6, 6.07) is 6.28. The highest BCUT2D eigenvalue weighted by Gasteiger charge is 2.27. The van der Waals surface area contributed by atoms with Gasteiger partial charge in [-0.2, -0.15) is 0 Å². The van der Waals surface area contributed by atoms with Crippen molar-refractivity contribution in [2.24, 2.45) is 27.1 Å². The summed E-state index contributed by atoms with van der Waals surface area (Å²) in [5, 5.41) is 25.4. The van der Waals surface area contributed by atoms with Gasteiger partial charge >= 0.3 is 17.9 Å². The number of unbranched alkanes of at least 4 members (excludes halogenated alkanes) is 1. The largest absolute Gasteiger partial charge is 0.481 e. The first-order valence-electron chi connectivity index (χ1n) is 19.2. The standard InChI is InChI=1S/C12H14O3.C9H18O.C8H14O3.C8H12O3.C8H16O2/c1-12(2,3)10(13)8-6-4-5-7-9(8)11(14)15;1-5-6-7-8(10)9(2,3)4;2*1-8(2,3)6(9)4-5-7(10)11;1-5-10-6-7(9)8(2,3)4/h4-7H,1-3H3,(H,14,15);5-7H2,1-4H3;4-5H2,1-3H3,(H,10,11);4-5H,1-3H3,(H,10,11);5-6H2,1-4H3/b;;;5-4-;. The van der Waals surface area contributed by atoms with E-state index in [2.05, 4.69) is 6.92 Å². The summed E-state index contributed by atoms with van der Waals surface area (Å²) < 4.78 is 4.97. The van der Waals surface area contributed by atoms with Crippen LogP contribution in [0.25, 0.3) is 0 Å². The number of allylic oxidation sites excluding steroid dienone is 1. The number of Topliss-reactive ketones (excluding diaryl/α,β-unsaturated/α-hetero) is 4. The number of ketones is 5. The third-order valence-electron chi connectivity index (χ3n) is 7.47. The summed E-state index contributed by atoms with van der Waals surface area (Å²) in [4.78, 5) is 87.3. The molecule has 0 aliphatic rings. The quantitative estimate of drug-likeness (QED) is 0.126. The lowest BCUT2D eigenvalue weighted by molar-refractivity contribution is -0.139. The number of carboxylic acid groups (broad SMARTS) is 3. The van der Waals surface area contributed by atoms with Gasteiger partial charge in [0, 0.05) is 58.2 Å². The van der Waals surface area contributed by atoms with Crippen LogP contribution in [0.5, 0.6) is 0 Å². The molecule has 0 amide bonds. The second kappa shape index (κ2) is 27.3. The molecule has 3 N–H and O–H groups in total. The fourth-order valence-electron chi connectivity index (χ4n) is 3.39. The zero-order chi connectivity index (χ0) is 46.2. The van der Waals surface area contributed by atoms with Gasteiger partial charge in [0.2, 0.25) is 0 Å². The van der Waals surface area contributed by atoms with Gasteiger partial charge < -0.3 is 20.1 Å². The van der Waals surface area contributed by atoms with E-state index >= 15 is 0 Å². The van der Waals surface area contributed by atoms with Gasteiger partial charge in [-0.05, 0) is 25.5 Å². The molecule has 1 rings (SSSR count). The van der Waals surface area contributed by atoms with Crippen molar-refractivity contribution in [3.05, 3.63) is 47.5 Å². The molecule has 0 heterocycles. The van der Waals surface area contributed by atoms with Crippen molar-refractivity contribution in [3.8, 4) is 0 Å². The van der Waals surface area contributed by atoms with E-state index in [-0.39, 0.29) is 64.5 Å². The van der Waals surface area contributed by atoms with Crippen LogP contribution >= 0.6 is 0 Å². The SMILES string of the molecule is CC(C)(C)C(=O)/C=C\C(=O)O.CC(C)(C)C(=O)CCC(=O)O.CC(C)(C)C(=O)c1ccccc1C(=O)O.CCCCC(=O)C(C)(C)C.CCOCC(=O)C(C)(C)C. The van der Waals surface area contributed by atoms with E-state index in [0.717, 1.165) is 31.4 Å². The van der Waals surface area contributed by atoms with Crippen LogP contribution in [0.1, 0.15) is 171 Å². The maximum atomic E-state index is 11.9. The zero-order valence-corrected chi connectivity index (χ0v) is 37.9. The molecule has 12 heteroatoms. The number of rotatable bonds is 13. The highest BCUT2D eigenvalue weighted by molar-refractivity contribution is 6.08. The zero-order valence-electron chi connectivity index (χ0n) is 37.9. The van der Waals surface area contributed by atoms with Crippen LogP contribution in [0.4, 0.5) is 0 Å². The number of carboxylic acids is 3. The molecule has 0 aliphatic carbocycles. The highest BCUT2D eigenvalue weighted by atomic mass is 16.5. The van der Waals surface area contributed by atoms with Crippen molar-refractivity contribution in [1.82, 2.24) is 0 Å². The van der Waals surface area contributed by atoms with Gasteiger partial charge in [0.1, 0.15) is 18.2 Å². The number of carbonyl (C=O) groups excluding carboxylic acids is 5. The molecule has 0 radical (unpaired) electrons. The summed E-state index contributed by atoms with van der Waals surface area (Å²) in [6.45, 7) is 32.4. The van der Waals surface area contributed by atoms with Gasteiger partial charge in [-0.3, -0.25) is 28.8 Å². The van der Waals surface area contributed by atoms with E-state index in [4.69, 9.17) is 20.1 Å². The van der Waals surface area contributed by atoms with Crippen LogP contribution in [-0.2, 0) is 33.5 Å². The summed E-state index contributed by atoms with van der Waals surface area (Å²) in [5.41, 5.74) is -1.51. The molecule has 1 aromatic carbocycles. The molecule has 0 unspecified atom stereocenters. The van der Waals surface area contributed by atoms with Crippen LogP contribution in [0, 0.1) is 27.1 Å². The van der Waals surface area contributed by atoms with Crippen LogP contribution < -0.4 is 0 Å². The van der Waals surface area contributed by atoms with Gasteiger partial charge in [0.25, 0.3) is 0 Å². The second-order valence-corrected chi connectivity index (χ2v) is 18.4. The maximum absolute atomic E-state index is 11.9. The molecule has 1 aromatic rings. The predicted molar refractivity (Wildman–Crippen MR) is 225 cm³/mol. The van der Waals surface area contributed by atoms with Crippen molar-refractivity contribution < 1.29 is 58.4 Å². The predicted octanol–water partition coefficient (Wildman–Crippen LogP) is 9.75. The molecular weight excluding hydrogens is 732 g/mol. The summed E-state index contributed by atoms with van der Waals surface area (Å²) in [7, 11) is 0. The first kappa shape index (κ1) is 59.4. The van der Waals surface area contributed by atoms with Crippen molar-refractivity contribution in [1.29, 1.82) is 0 Å². The number of benzene rings is 1. The molecule has 0 atom stereocenters. The Kier molecular flexibility index (Phi) is 28.5. The Morgan fingerprint density at radius 1 is 0.544 bits per heavy atom. The molecule has 12 nitrogen and oxygen atoms in total. The molecule has 0 fully saturated rings. The Morgan fingerprint density at radius 2 is 0.965 bits per heavy atom. The van der Waals surface area contributed by atoms with Crippen LogP contribution in [0.3, 0.4) is 0 Å². The molecule has 0 aromatic heterocycles. The molecular formula is C45H74O12. The van der Waals surface area contributed by atoms with Crippen LogP contribution in [-0.4, -0.2) is 75.4 Å². The highest BCUT2D eigenvalue weighted by Crippen LogP contribution is 2.23. The molecule has 0 aliphatic heterocycles. The van der Waals surface area contributed by atoms with Crippen molar-refractivity contribution >= 4 is 46.8 Å². The lowest BCUT2D eigenvalue weighted by Crippen LogP contribution is -2.24. The minimum absolute atomic E-state index is 0.0000926. The minimum Gasteiger partial charge on any atom is -0.481 e. The van der Waals surface area contributed by atoms with Gasteiger partial charge in [-0.15, -0.1) is 0 Å². The van der Waals surface area contributed by atoms with Gasteiger partial charge in [-0.1, -0.05) is 135 Å². The molecule has 326 valence electrons. The lowest BCUT2D eigenvalue weighted by atomic mass is 9.85. The normalized spacial score (nSPS) is 11.5. The number of ether oxygens (including phenoxy) is 1. The fraction of sp³-hybridized carbons (Fsp3) is 0.644. The first-order valence-corrected chi connectivity index (χ1v) is 19.2. The van der Waals surface area contributed by atoms with Crippen LogP contribution in [0.15, 0.2) is 36.4 Å². The van der Waals surface area contributed by atoms with Crippen molar-refractivity contribution in [2.75, 3.05) is 13.2 Å². The van der Waals surface area contributed by atoms with Crippen molar-refractivity contribution in [3.63, 3.8) is 0 Å². The Labute approximate surface area is 342 Å². The van der Waals surface area contributed by atoms with Gasteiger partial charge in [0.05, 0.1) is 12.0 Å². The van der Waals surface area contributed by atoms with E-state index < -0.39 is 34.2 Å². The van der Waals surface area contributed by atoms with Gasteiger partial charge in [0.15, 0.2) is 17.3 Å². The van der Waals surface area contributed by atoms with E-state index in [1.807, 2.05) is 48.5 Å². The topological polar surface area (TPSA) is 206 Å². The maximum Gasteiger partial charge on any atom is 0.336 e. The molecule has 57 heavy (non-hydrogen) atoms. The Hall–Kier alpha value is -4.32. The smallest absolute Gasteiger partial charge is 0.336 e. The summed E-state index contributed by atoms with van der Waals surface area (Å²) >= 11 is 0. The third-order valence-corrected chi connectivity index (χ3v) is 7.47. The molecule has 0 saturated heterocycles. The minimum atomic E-state index is -1.09. The number of hydrogen-bond donors (Lipinski definition) is 3. The van der Waals surface area contributed by atoms with E-state index in [1.165, 1.54) is 6.07 Å². The number of aliphatic carboxylic acids is 2. The van der Waals surface area contributed by atoms with Crippen LogP contribution in [0.2, 0.25) is 0 Å². The second-order valence-electron chi connectivity index (χ2n) is 18.4. The average molecular weight is 807 g/mol. The van der Waals surface area contributed by atoms with E-state index in [0.29, 0.717) is 12.4 Å². The number of carbonyl (C=O) groups is 8. The van der Waals surface area contributed by atoms with Crippen molar-refractivity contribution in [2.45, 2.75) is 150 Å².